The van der Waals surface area contributed by atoms with Gasteiger partial charge in [-0.1, -0.05) is 17.8 Å². The largest absolute Gasteiger partial charge is 0.468 e. The molecule has 0 radical (unpaired) electrons. The third kappa shape index (κ3) is 6.02. The van der Waals surface area contributed by atoms with Crippen molar-refractivity contribution in [2.24, 2.45) is 0 Å². The summed E-state index contributed by atoms with van der Waals surface area (Å²) < 4.78 is 4.57. The second-order valence-electron chi connectivity index (χ2n) is 4.97. The van der Waals surface area contributed by atoms with Gasteiger partial charge >= 0.3 is 5.97 Å². The summed E-state index contributed by atoms with van der Waals surface area (Å²) in [5.74, 6) is 0.0589. The third-order valence-corrected chi connectivity index (χ3v) is 3.10. The van der Waals surface area contributed by atoms with Crippen LogP contribution >= 0.6 is 11.8 Å². The Morgan fingerprint density at radius 3 is 2.67 bits per heavy atom. The fraction of sp³-hybridized carbons (Fsp3) is 0.538. The lowest BCUT2D eigenvalue weighted by molar-refractivity contribution is -0.137. The quantitative estimate of drug-likeness (QED) is 0.655. The van der Waals surface area contributed by atoms with Crippen LogP contribution in [0.2, 0.25) is 0 Å². The first-order valence-electron chi connectivity index (χ1n) is 5.80. The van der Waals surface area contributed by atoms with E-state index in [0.717, 1.165) is 17.1 Å². The van der Waals surface area contributed by atoms with Gasteiger partial charge in [-0.2, -0.15) is 0 Å². The van der Waals surface area contributed by atoms with Crippen LogP contribution in [-0.4, -0.2) is 29.4 Å². The maximum absolute atomic E-state index is 11.0. The number of ether oxygens (including phenoxy) is 1. The second-order valence-corrected chi connectivity index (χ2v) is 5.97. The molecule has 0 aliphatic carbocycles. The predicted octanol–water partition coefficient (Wildman–Crippen LogP) is 2.23. The van der Waals surface area contributed by atoms with Gasteiger partial charge in [0.15, 0.2) is 0 Å². The minimum Gasteiger partial charge on any atom is -0.468 e. The van der Waals surface area contributed by atoms with Gasteiger partial charge in [-0.25, -0.2) is 4.98 Å². The van der Waals surface area contributed by atoms with E-state index in [1.165, 1.54) is 18.9 Å². The molecule has 0 bridgehead atoms. The van der Waals surface area contributed by atoms with Crippen molar-refractivity contribution in [3.05, 3.63) is 23.9 Å². The Kier molecular flexibility index (Phi) is 5.62. The van der Waals surface area contributed by atoms with Crippen LogP contribution in [0.15, 0.2) is 23.4 Å². The minimum atomic E-state index is -0.236. The zero-order valence-corrected chi connectivity index (χ0v) is 12.1. The number of nitrogens with zero attached hydrogens (tertiary/aromatic N) is 1. The molecule has 18 heavy (non-hydrogen) atoms. The average Bonchev–Trinajstić information content (AvgIpc) is 2.33. The van der Waals surface area contributed by atoms with Gasteiger partial charge in [0.25, 0.3) is 0 Å². The molecule has 0 atom stereocenters. The van der Waals surface area contributed by atoms with Gasteiger partial charge in [0, 0.05) is 18.3 Å². The van der Waals surface area contributed by atoms with Gasteiger partial charge in [-0.3, -0.25) is 4.79 Å². The van der Waals surface area contributed by atoms with E-state index >= 15 is 0 Å². The number of carbonyl (C=O) groups is 1. The number of pyridine rings is 1. The molecule has 0 fully saturated rings. The Balaban J connectivity index is 2.45. The van der Waals surface area contributed by atoms with E-state index in [-0.39, 0.29) is 11.5 Å². The molecule has 0 amide bonds. The monoisotopic (exact) mass is 268 g/mol. The molecule has 0 unspecified atom stereocenters. The molecule has 1 N–H and O–H groups in total. The first-order chi connectivity index (χ1) is 8.40. The first kappa shape index (κ1) is 15.0. The molecule has 0 aliphatic rings. The number of aromatic nitrogens is 1. The van der Waals surface area contributed by atoms with Crippen LogP contribution in [0.1, 0.15) is 26.3 Å². The Hall–Kier alpha value is -1.07. The zero-order valence-electron chi connectivity index (χ0n) is 11.3. The Bertz CT molecular complexity index is 385. The Labute approximate surface area is 113 Å². The highest BCUT2D eigenvalue weighted by Crippen LogP contribution is 2.15. The minimum absolute atomic E-state index is 0.0955. The van der Waals surface area contributed by atoms with Crippen molar-refractivity contribution in [2.75, 3.05) is 12.9 Å². The summed E-state index contributed by atoms with van der Waals surface area (Å²) in [7, 11) is 1.39. The summed E-state index contributed by atoms with van der Waals surface area (Å²) in [6.45, 7) is 7.17. The van der Waals surface area contributed by atoms with E-state index in [4.69, 9.17) is 0 Å². The zero-order chi connectivity index (χ0) is 13.6. The number of nitrogens with one attached hydrogen (secondary N) is 1. The number of carbonyl (C=O) groups excluding carboxylic acids is 1. The molecule has 0 aliphatic heterocycles. The highest BCUT2D eigenvalue weighted by molar-refractivity contribution is 7.99. The van der Waals surface area contributed by atoms with Crippen molar-refractivity contribution in [3.8, 4) is 0 Å². The molecule has 5 heteroatoms. The lowest BCUT2D eigenvalue weighted by Gasteiger charge is -2.20. The molecular formula is C13H20N2O2S. The van der Waals surface area contributed by atoms with Crippen LogP contribution in [0.5, 0.6) is 0 Å². The van der Waals surface area contributed by atoms with Crippen molar-refractivity contribution < 1.29 is 9.53 Å². The molecule has 1 aromatic rings. The number of hydrogen-bond acceptors (Lipinski definition) is 5. The average molecular weight is 268 g/mol. The lowest BCUT2D eigenvalue weighted by atomic mass is 10.1. The van der Waals surface area contributed by atoms with Gasteiger partial charge in [-0.05, 0) is 32.4 Å². The van der Waals surface area contributed by atoms with Crippen LogP contribution in [0, 0.1) is 0 Å². The lowest BCUT2D eigenvalue weighted by Crippen LogP contribution is -2.35. The van der Waals surface area contributed by atoms with Crippen molar-refractivity contribution in [1.82, 2.24) is 10.3 Å². The molecule has 0 spiro atoms. The summed E-state index contributed by atoms with van der Waals surface area (Å²) in [5, 5.41) is 4.23. The topological polar surface area (TPSA) is 51.2 Å². The van der Waals surface area contributed by atoms with Crippen LogP contribution in [0.25, 0.3) is 0 Å². The van der Waals surface area contributed by atoms with E-state index < -0.39 is 0 Å². The molecule has 0 saturated carbocycles. The van der Waals surface area contributed by atoms with Crippen molar-refractivity contribution in [3.63, 3.8) is 0 Å². The fourth-order valence-corrected chi connectivity index (χ4v) is 1.83. The van der Waals surface area contributed by atoms with E-state index in [1.807, 2.05) is 18.3 Å². The van der Waals surface area contributed by atoms with E-state index in [0.29, 0.717) is 5.75 Å². The maximum Gasteiger partial charge on any atom is 0.316 e. The summed E-state index contributed by atoms with van der Waals surface area (Å²) in [6, 6.07) is 3.94. The highest BCUT2D eigenvalue weighted by atomic mass is 32.2. The second kappa shape index (κ2) is 6.75. The van der Waals surface area contributed by atoms with Gasteiger partial charge in [-0.15, -0.1) is 0 Å². The number of hydrogen-bond donors (Lipinski definition) is 1. The standard InChI is InChI=1S/C13H20N2O2S/c1-13(2,3)15-8-10-5-6-11(14-7-10)18-9-12(16)17-4/h5-7,15H,8-9H2,1-4H3. The molecule has 4 nitrogen and oxygen atoms in total. The number of thioether (sulfide) groups is 1. The van der Waals surface area contributed by atoms with Crippen LogP contribution in [-0.2, 0) is 16.1 Å². The molecule has 1 rings (SSSR count). The highest BCUT2D eigenvalue weighted by Gasteiger charge is 2.08. The van der Waals surface area contributed by atoms with Gasteiger partial charge in [0.05, 0.1) is 17.9 Å². The number of rotatable bonds is 5. The first-order valence-corrected chi connectivity index (χ1v) is 6.79. The Morgan fingerprint density at radius 1 is 1.44 bits per heavy atom. The fourth-order valence-electron chi connectivity index (χ4n) is 1.16. The number of methoxy groups -OCH3 is 1. The van der Waals surface area contributed by atoms with Gasteiger partial charge in [0.1, 0.15) is 0 Å². The third-order valence-electron chi connectivity index (χ3n) is 2.19. The van der Waals surface area contributed by atoms with E-state index in [1.54, 1.807) is 0 Å². The molecule has 1 aromatic heterocycles. The van der Waals surface area contributed by atoms with Crippen LogP contribution < -0.4 is 5.32 Å². The van der Waals surface area contributed by atoms with Gasteiger partial charge in [0.2, 0.25) is 0 Å². The van der Waals surface area contributed by atoms with Crippen molar-refractivity contribution in [2.45, 2.75) is 37.9 Å². The summed E-state index contributed by atoms with van der Waals surface area (Å²) in [5.41, 5.74) is 1.23. The molecule has 100 valence electrons. The molecular weight excluding hydrogens is 248 g/mol. The molecule has 1 heterocycles. The number of esters is 1. The summed E-state index contributed by atoms with van der Waals surface area (Å²) >= 11 is 1.38. The van der Waals surface area contributed by atoms with Crippen molar-refractivity contribution in [1.29, 1.82) is 0 Å². The SMILES string of the molecule is COC(=O)CSc1ccc(CNC(C)(C)C)cn1. The smallest absolute Gasteiger partial charge is 0.316 e. The summed E-state index contributed by atoms with van der Waals surface area (Å²) in [6.07, 6.45) is 1.83. The predicted molar refractivity (Wildman–Crippen MR) is 73.6 cm³/mol. The van der Waals surface area contributed by atoms with E-state index in [2.05, 4.69) is 35.8 Å². The van der Waals surface area contributed by atoms with Crippen LogP contribution in [0.3, 0.4) is 0 Å². The van der Waals surface area contributed by atoms with Gasteiger partial charge < -0.3 is 10.1 Å². The van der Waals surface area contributed by atoms with E-state index in [9.17, 15) is 4.79 Å². The van der Waals surface area contributed by atoms with Crippen molar-refractivity contribution >= 4 is 17.7 Å². The maximum atomic E-state index is 11.0. The molecule has 0 saturated heterocycles. The molecule has 0 aromatic carbocycles. The van der Waals surface area contributed by atoms with Crippen LogP contribution in [0.4, 0.5) is 0 Å². The summed E-state index contributed by atoms with van der Waals surface area (Å²) in [4.78, 5) is 15.3. The normalized spacial score (nSPS) is 11.3. The Morgan fingerprint density at radius 2 is 2.17 bits per heavy atom.